The van der Waals surface area contributed by atoms with E-state index < -0.39 is 0 Å². The topological polar surface area (TPSA) is 54.0 Å². The zero-order chi connectivity index (χ0) is 10.2. The number of hydrogen-bond acceptors (Lipinski definition) is 5. The average molecular weight is 204 g/mol. The second kappa shape index (κ2) is 6.75. The van der Waals surface area contributed by atoms with Crippen molar-refractivity contribution in [2.24, 2.45) is 0 Å². The van der Waals surface area contributed by atoms with Gasteiger partial charge in [0.15, 0.2) is 0 Å². The lowest BCUT2D eigenvalue weighted by atomic mass is 10.2. The van der Waals surface area contributed by atoms with Crippen LogP contribution in [-0.4, -0.2) is 52.2 Å². The number of carbonyl (C=O) groups is 1. The number of esters is 1. The minimum absolute atomic E-state index is 0.154. The van der Waals surface area contributed by atoms with Crippen LogP contribution in [0.5, 0.6) is 0 Å². The normalized spacial score (nSPS) is 21.9. The third-order valence-electron chi connectivity index (χ3n) is 1.83. The zero-order valence-corrected chi connectivity index (χ0v) is 8.36. The summed E-state index contributed by atoms with van der Waals surface area (Å²) in [5.74, 6) is -0.266. The molecule has 0 amide bonds. The van der Waals surface area contributed by atoms with E-state index in [0.717, 1.165) is 0 Å². The second-order valence-corrected chi connectivity index (χ2v) is 2.99. The highest BCUT2D eigenvalue weighted by molar-refractivity contribution is 5.69. The first-order valence-corrected chi connectivity index (χ1v) is 4.67. The zero-order valence-electron chi connectivity index (χ0n) is 8.36. The van der Waals surface area contributed by atoms with E-state index in [1.54, 1.807) is 7.11 Å². The van der Waals surface area contributed by atoms with Crippen molar-refractivity contribution in [2.45, 2.75) is 12.5 Å². The van der Waals surface area contributed by atoms with Gasteiger partial charge in [-0.25, -0.2) is 0 Å². The predicted octanol–water partition coefficient (Wildman–Crippen LogP) is -0.0185. The van der Waals surface area contributed by atoms with E-state index in [9.17, 15) is 4.79 Å². The van der Waals surface area contributed by atoms with Gasteiger partial charge in [-0.2, -0.15) is 0 Å². The number of hydrogen-bond donors (Lipinski definition) is 0. The molecule has 5 heteroatoms. The Balaban J connectivity index is 2.06. The Morgan fingerprint density at radius 1 is 1.43 bits per heavy atom. The molecule has 1 unspecified atom stereocenters. The largest absolute Gasteiger partial charge is 0.463 e. The first kappa shape index (κ1) is 11.4. The molecule has 1 rings (SSSR count). The summed E-state index contributed by atoms with van der Waals surface area (Å²) in [6.45, 7) is 2.35. The Hall–Kier alpha value is -0.650. The molecule has 0 aromatic heterocycles. The van der Waals surface area contributed by atoms with E-state index in [4.69, 9.17) is 18.9 Å². The van der Waals surface area contributed by atoms with Gasteiger partial charge in [0.25, 0.3) is 0 Å². The molecule has 0 bridgehead atoms. The van der Waals surface area contributed by atoms with Gasteiger partial charge in [0.1, 0.15) is 6.61 Å². The van der Waals surface area contributed by atoms with Crippen LogP contribution in [0.4, 0.5) is 0 Å². The molecule has 0 spiro atoms. The molecule has 5 nitrogen and oxygen atoms in total. The SMILES string of the molecule is COCCOC(=O)CC1COCCO1. The summed E-state index contributed by atoms with van der Waals surface area (Å²) < 4.78 is 20.1. The Morgan fingerprint density at radius 2 is 2.29 bits per heavy atom. The van der Waals surface area contributed by atoms with Gasteiger partial charge < -0.3 is 18.9 Å². The van der Waals surface area contributed by atoms with Gasteiger partial charge in [-0.3, -0.25) is 4.79 Å². The fourth-order valence-corrected chi connectivity index (χ4v) is 1.14. The van der Waals surface area contributed by atoms with Crippen LogP contribution < -0.4 is 0 Å². The fraction of sp³-hybridized carbons (Fsp3) is 0.889. The van der Waals surface area contributed by atoms with E-state index in [0.29, 0.717) is 33.0 Å². The molecule has 0 aromatic rings. The minimum Gasteiger partial charge on any atom is -0.463 e. The number of carbonyl (C=O) groups excluding carboxylic acids is 1. The minimum atomic E-state index is -0.266. The molecule has 1 saturated heterocycles. The first-order chi connectivity index (χ1) is 6.83. The summed E-state index contributed by atoms with van der Waals surface area (Å²) in [5.41, 5.74) is 0. The van der Waals surface area contributed by atoms with Gasteiger partial charge in [0.2, 0.25) is 0 Å². The molecular formula is C9H16O5. The molecule has 0 radical (unpaired) electrons. The van der Waals surface area contributed by atoms with Crippen LogP contribution in [-0.2, 0) is 23.7 Å². The van der Waals surface area contributed by atoms with Gasteiger partial charge in [-0.05, 0) is 0 Å². The molecule has 0 aliphatic carbocycles. The maximum atomic E-state index is 11.2. The van der Waals surface area contributed by atoms with Crippen LogP contribution >= 0.6 is 0 Å². The molecule has 1 atom stereocenters. The van der Waals surface area contributed by atoms with E-state index in [-0.39, 0.29) is 18.5 Å². The second-order valence-electron chi connectivity index (χ2n) is 2.99. The van der Waals surface area contributed by atoms with Crippen LogP contribution in [0, 0.1) is 0 Å². The van der Waals surface area contributed by atoms with Crippen molar-refractivity contribution in [2.75, 3.05) is 40.1 Å². The van der Waals surface area contributed by atoms with E-state index in [2.05, 4.69) is 0 Å². The number of rotatable bonds is 5. The standard InChI is InChI=1S/C9H16O5/c1-11-2-4-14-9(10)6-8-7-12-3-5-13-8/h8H,2-7H2,1H3. The van der Waals surface area contributed by atoms with Crippen LogP contribution in [0.25, 0.3) is 0 Å². The van der Waals surface area contributed by atoms with E-state index >= 15 is 0 Å². The molecule has 82 valence electrons. The highest BCUT2D eigenvalue weighted by atomic mass is 16.6. The van der Waals surface area contributed by atoms with Gasteiger partial charge in [-0.15, -0.1) is 0 Å². The summed E-state index contributed by atoms with van der Waals surface area (Å²) in [5, 5.41) is 0. The summed E-state index contributed by atoms with van der Waals surface area (Å²) in [6.07, 6.45) is 0.0998. The van der Waals surface area contributed by atoms with Crippen LogP contribution in [0.1, 0.15) is 6.42 Å². The first-order valence-electron chi connectivity index (χ1n) is 4.67. The summed E-state index contributed by atoms with van der Waals surface area (Å²) in [6, 6.07) is 0. The van der Waals surface area contributed by atoms with Crippen molar-refractivity contribution in [1.29, 1.82) is 0 Å². The van der Waals surface area contributed by atoms with Crippen molar-refractivity contribution in [3.8, 4) is 0 Å². The molecule has 0 saturated carbocycles. The highest BCUT2D eigenvalue weighted by Crippen LogP contribution is 2.05. The molecule has 1 aliphatic rings. The molecule has 0 N–H and O–H groups in total. The van der Waals surface area contributed by atoms with Crippen molar-refractivity contribution in [1.82, 2.24) is 0 Å². The Labute approximate surface area is 83.3 Å². The van der Waals surface area contributed by atoms with Gasteiger partial charge in [0.05, 0.1) is 39.0 Å². The molecule has 0 aromatic carbocycles. The maximum absolute atomic E-state index is 11.2. The third-order valence-corrected chi connectivity index (χ3v) is 1.83. The Kier molecular flexibility index (Phi) is 5.51. The van der Waals surface area contributed by atoms with Crippen LogP contribution in [0.3, 0.4) is 0 Å². The van der Waals surface area contributed by atoms with E-state index in [1.165, 1.54) is 0 Å². The number of methoxy groups -OCH3 is 1. The van der Waals surface area contributed by atoms with Gasteiger partial charge >= 0.3 is 5.97 Å². The van der Waals surface area contributed by atoms with E-state index in [1.807, 2.05) is 0 Å². The van der Waals surface area contributed by atoms with Crippen LogP contribution in [0.2, 0.25) is 0 Å². The maximum Gasteiger partial charge on any atom is 0.308 e. The summed E-state index contributed by atoms with van der Waals surface area (Å²) in [4.78, 5) is 11.2. The third kappa shape index (κ3) is 4.55. The number of ether oxygens (including phenoxy) is 4. The van der Waals surface area contributed by atoms with Gasteiger partial charge in [0, 0.05) is 7.11 Å². The Bertz CT molecular complexity index is 165. The van der Waals surface area contributed by atoms with Crippen molar-refractivity contribution >= 4 is 5.97 Å². The van der Waals surface area contributed by atoms with Crippen molar-refractivity contribution < 1.29 is 23.7 Å². The smallest absolute Gasteiger partial charge is 0.308 e. The Morgan fingerprint density at radius 3 is 2.93 bits per heavy atom. The van der Waals surface area contributed by atoms with Crippen molar-refractivity contribution in [3.05, 3.63) is 0 Å². The highest BCUT2D eigenvalue weighted by Gasteiger charge is 2.18. The van der Waals surface area contributed by atoms with Crippen LogP contribution in [0.15, 0.2) is 0 Å². The monoisotopic (exact) mass is 204 g/mol. The fourth-order valence-electron chi connectivity index (χ4n) is 1.14. The lowest BCUT2D eigenvalue weighted by Gasteiger charge is -2.21. The quantitative estimate of drug-likeness (QED) is 0.465. The molecular weight excluding hydrogens is 188 g/mol. The summed E-state index contributed by atoms with van der Waals surface area (Å²) in [7, 11) is 1.56. The lowest BCUT2D eigenvalue weighted by Crippen LogP contribution is -2.31. The molecule has 1 fully saturated rings. The molecule has 1 aliphatic heterocycles. The van der Waals surface area contributed by atoms with Crippen molar-refractivity contribution in [3.63, 3.8) is 0 Å². The average Bonchev–Trinajstić information content (AvgIpc) is 2.20. The lowest BCUT2D eigenvalue weighted by molar-refractivity contribution is -0.153. The molecule has 1 heterocycles. The molecule has 14 heavy (non-hydrogen) atoms. The predicted molar refractivity (Wildman–Crippen MR) is 48.0 cm³/mol. The van der Waals surface area contributed by atoms with Gasteiger partial charge in [-0.1, -0.05) is 0 Å². The summed E-state index contributed by atoms with van der Waals surface area (Å²) >= 11 is 0.